The van der Waals surface area contributed by atoms with Crippen LogP contribution in [0.1, 0.15) is 32.6 Å². The maximum Gasteiger partial charge on any atom is 0.0716 e. The number of nitrogens with two attached hydrogens (primary N) is 1. The van der Waals surface area contributed by atoms with Crippen LogP contribution in [0.15, 0.2) is 0 Å². The van der Waals surface area contributed by atoms with Gasteiger partial charge in [-0.3, -0.25) is 0 Å². The summed E-state index contributed by atoms with van der Waals surface area (Å²) >= 11 is 0. The topological polar surface area (TPSA) is 46.2 Å². The average Bonchev–Trinajstić information content (AvgIpc) is 1.77. The molecule has 0 bridgehead atoms. The van der Waals surface area contributed by atoms with Crippen molar-refractivity contribution in [2.24, 2.45) is 5.73 Å². The molecule has 0 aromatic heterocycles. The van der Waals surface area contributed by atoms with Crippen molar-refractivity contribution in [1.82, 2.24) is 0 Å². The fourth-order valence-corrected chi connectivity index (χ4v) is 1.34. The summed E-state index contributed by atoms with van der Waals surface area (Å²) in [6.07, 6.45) is 3.88. The van der Waals surface area contributed by atoms with Crippen LogP contribution in [-0.2, 0) is 0 Å². The molecule has 9 heavy (non-hydrogen) atoms. The summed E-state index contributed by atoms with van der Waals surface area (Å²) < 4.78 is 0. The fourth-order valence-electron chi connectivity index (χ4n) is 1.34. The van der Waals surface area contributed by atoms with Gasteiger partial charge in [0.25, 0.3) is 0 Å². The van der Waals surface area contributed by atoms with Crippen LogP contribution < -0.4 is 5.73 Å². The van der Waals surface area contributed by atoms with Gasteiger partial charge in [0, 0.05) is 5.54 Å². The summed E-state index contributed by atoms with van der Waals surface area (Å²) in [5.74, 6) is 0. The van der Waals surface area contributed by atoms with Crippen molar-refractivity contribution in [1.29, 1.82) is 0 Å². The van der Waals surface area contributed by atoms with Crippen molar-refractivity contribution in [3.63, 3.8) is 0 Å². The van der Waals surface area contributed by atoms with Crippen LogP contribution in [0.4, 0.5) is 0 Å². The molecular weight excluding hydrogens is 114 g/mol. The Kier molecular flexibility index (Phi) is 1.78. The molecule has 0 heterocycles. The normalized spacial score (nSPS) is 45.0. The summed E-state index contributed by atoms with van der Waals surface area (Å²) in [4.78, 5) is 0. The van der Waals surface area contributed by atoms with Crippen molar-refractivity contribution in [2.45, 2.75) is 44.2 Å². The molecule has 54 valence electrons. The molecule has 1 aliphatic carbocycles. The Hall–Kier alpha value is -0.0800. The van der Waals surface area contributed by atoms with E-state index in [4.69, 9.17) is 5.73 Å². The van der Waals surface area contributed by atoms with E-state index in [1.54, 1.807) is 0 Å². The highest BCUT2D eigenvalue weighted by Crippen LogP contribution is 2.25. The van der Waals surface area contributed by atoms with Gasteiger partial charge in [0.2, 0.25) is 0 Å². The maximum absolute atomic E-state index is 9.31. The third-order valence-electron chi connectivity index (χ3n) is 2.20. The first-order chi connectivity index (χ1) is 4.13. The van der Waals surface area contributed by atoms with Crippen molar-refractivity contribution in [3.05, 3.63) is 0 Å². The number of rotatable bonds is 0. The van der Waals surface area contributed by atoms with Crippen LogP contribution in [0.25, 0.3) is 0 Å². The van der Waals surface area contributed by atoms with Gasteiger partial charge in [-0.05, 0) is 19.8 Å². The molecule has 2 atom stereocenters. The SMILES string of the molecule is C[C@@]1(N)CCCC[C@@H]1O. The lowest BCUT2D eigenvalue weighted by atomic mass is 9.82. The van der Waals surface area contributed by atoms with Gasteiger partial charge in [0.1, 0.15) is 0 Å². The molecule has 1 aliphatic rings. The zero-order valence-electron chi connectivity index (χ0n) is 5.93. The van der Waals surface area contributed by atoms with Crippen molar-refractivity contribution < 1.29 is 5.11 Å². The molecule has 0 aromatic carbocycles. The second kappa shape index (κ2) is 2.27. The van der Waals surface area contributed by atoms with E-state index in [9.17, 15) is 5.11 Å². The first-order valence-corrected chi connectivity index (χ1v) is 3.60. The van der Waals surface area contributed by atoms with E-state index in [1.807, 2.05) is 6.92 Å². The lowest BCUT2D eigenvalue weighted by molar-refractivity contribution is 0.0571. The number of aliphatic hydroxyl groups excluding tert-OH is 1. The van der Waals surface area contributed by atoms with Gasteiger partial charge in [-0.25, -0.2) is 0 Å². The molecule has 1 saturated carbocycles. The van der Waals surface area contributed by atoms with Crippen LogP contribution in [0.3, 0.4) is 0 Å². The van der Waals surface area contributed by atoms with Crippen LogP contribution in [-0.4, -0.2) is 16.7 Å². The minimum absolute atomic E-state index is 0.272. The van der Waals surface area contributed by atoms with Crippen molar-refractivity contribution >= 4 is 0 Å². The second-order valence-electron chi connectivity index (χ2n) is 3.27. The van der Waals surface area contributed by atoms with Gasteiger partial charge in [-0.1, -0.05) is 12.8 Å². The Labute approximate surface area is 56.1 Å². The summed E-state index contributed by atoms with van der Waals surface area (Å²) in [7, 11) is 0. The molecule has 3 N–H and O–H groups in total. The third-order valence-corrected chi connectivity index (χ3v) is 2.20. The Morgan fingerprint density at radius 2 is 2.22 bits per heavy atom. The predicted molar refractivity (Wildman–Crippen MR) is 37.1 cm³/mol. The molecule has 1 fully saturated rings. The van der Waals surface area contributed by atoms with Gasteiger partial charge in [0.05, 0.1) is 6.10 Å². The standard InChI is InChI=1S/C7H15NO/c1-7(8)5-3-2-4-6(7)9/h6,9H,2-5,8H2,1H3/t6-,7+/m0/s1. The van der Waals surface area contributed by atoms with Crippen molar-refractivity contribution in [3.8, 4) is 0 Å². The van der Waals surface area contributed by atoms with Crippen LogP contribution in [0.2, 0.25) is 0 Å². The molecule has 1 rings (SSSR count). The molecule has 0 aromatic rings. The summed E-state index contributed by atoms with van der Waals surface area (Å²) in [6, 6.07) is 0. The van der Waals surface area contributed by atoms with Gasteiger partial charge in [-0.2, -0.15) is 0 Å². The first-order valence-electron chi connectivity index (χ1n) is 3.60. The Bertz CT molecular complexity index is 101. The van der Waals surface area contributed by atoms with Gasteiger partial charge in [0.15, 0.2) is 0 Å². The van der Waals surface area contributed by atoms with Crippen LogP contribution >= 0.6 is 0 Å². The lowest BCUT2D eigenvalue weighted by Gasteiger charge is -2.34. The van der Waals surface area contributed by atoms with Crippen LogP contribution in [0.5, 0.6) is 0 Å². The highest BCUT2D eigenvalue weighted by atomic mass is 16.3. The maximum atomic E-state index is 9.31. The quantitative estimate of drug-likeness (QED) is 0.504. The number of hydrogen-bond acceptors (Lipinski definition) is 2. The Morgan fingerprint density at radius 1 is 1.56 bits per heavy atom. The van der Waals surface area contributed by atoms with Crippen LogP contribution in [0, 0.1) is 0 Å². The highest BCUT2D eigenvalue weighted by Gasteiger charge is 2.30. The van der Waals surface area contributed by atoms with E-state index in [2.05, 4.69) is 0 Å². The molecule has 0 aliphatic heterocycles. The number of hydrogen-bond donors (Lipinski definition) is 2. The second-order valence-corrected chi connectivity index (χ2v) is 3.27. The first kappa shape index (κ1) is 7.03. The third kappa shape index (κ3) is 1.43. The Balaban J connectivity index is 2.49. The zero-order chi connectivity index (χ0) is 6.91. The van der Waals surface area contributed by atoms with E-state index < -0.39 is 0 Å². The van der Waals surface area contributed by atoms with Gasteiger partial charge >= 0.3 is 0 Å². The molecular formula is C7H15NO. The average molecular weight is 129 g/mol. The molecule has 2 heteroatoms. The predicted octanol–water partition coefficient (Wildman–Crippen LogP) is 0.639. The molecule has 0 saturated heterocycles. The minimum Gasteiger partial charge on any atom is -0.391 e. The highest BCUT2D eigenvalue weighted by molar-refractivity contribution is 4.89. The largest absolute Gasteiger partial charge is 0.391 e. The molecule has 2 nitrogen and oxygen atoms in total. The van der Waals surface area contributed by atoms with E-state index in [0.29, 0.717) is 0 Å². The Morgan fingerprint density at radius 3 is 2.56 bits per heavy atom. The number of aliphatic hydroxyl groups is 1. The summed E-state index contributed by atoms with van der Waals surface area (Å²) in [5.41, 5.74) is 5.46. The molecule has 0 spiro atoms. The van der Waals surface area contributed by atoms with Gasteiger partial charge < -0.3 is 10.8 Å². The lowest BCUT2D eigenvalue weighted by Crippen LogP contribution is -2.49. The smallest absolute Gasteiger partial charge is 0.0716 e. The van der Waals surface area contributed by atoms with E-state index in [-0.39, 0.29) is 11.6 Å². The summed E-state index contributed by atoms with van der Waals surface area (Å²) in [6.45, 7) is 1.93. The summed E-state index contributed by atoms with van der Waals surface area (Å²) in [5, 5.41) is 9.31. The molecule has 0 radical (unpaired) electrons. The zero-order valence-corrected chi connectivity index (χ0v) is 5.93. The molecule has 0 amide bonds. The van der Waals surface area contributed by atoms with Gasteiger partial charge in [-0.15, -0.1) is 0 Å². The minimum atomic E-state index is -0.307. The fraction of sp³-hybridized carbons (Fsp3) is 1.00. The van der Waals surface area contributed by atoms with E-state index >= 15 is 0 Å². The van der Waals surface area contributed by atoms with Crippen molar-refractivity contribution in [2.75, 3.05) is 0 Å². The van der Waals surface area contributed by atoms with E-state index in [0.717, 1.165) is 19.3 Å². The van der Waals surface area contributed by atoms with E-state index in [1.165, 1.54) is 6.42 Å². The molecule has 0 unspecified atom stereocenters. The monoisotopic (exact) mass is 129 g/mol.